The summed E-state index contributed by atoms with van der Waals surface area (Å²) in [5.41, 5.74) is 5.22. The van der Waals surface area contributed by atoms with Gasteiger partial charge in [-0.25, -0.2) is 4.79 Å². The van der Waals surface area contributed by atoms with Crippen LogP contribution in [0.3, 0.4) is 0 Å². The zero-order valence-corrected chi connectivity index (χ0v) is 7.05. The van der Waals surface area contributed by atoms with Crippen molar-refractivity contribution in [3.8, 4) is 0 Å². The van der Waals surface area contributed by atoms with Crippen molar-refractivity contribution in [2.24, 2.45) is 5.73 Å². The van der Waals surface area contributed by atoms with Crippen LogP contribution in [0.5, 0.6) is 0 Å². The van der Waals surface area contributed by atoms with E-state index in [9.17, 15) is 4.79 Å². The molecule has 1 aliphatic carbocycles. The van der Waals surface area contributed by atoms with E-state index in [1.807, 2.05) is 0 Å². The van der Waals surface area contributed by atoms with Gasteiger partial charge in [0.15, 0.2) is 0 Å². The maximum atomic E-state index is 10.9. The molecule has 0 atom stereocenters. The van der Waals surface area contributed by atoms with Gasteiger partial charge in [0.05, 0.1) is 0 Å². The molecular weight excluding hydrogens is 140 g/mol. The van der Waals surface area contributed by atoms with Crippen LogP contribution in [0.2, 0.25) is 0 Å². The lowest BCUT2D eigenvalue weighted by molar-refractivity contribution is 0.145. The van der Waals surface area contributed by atoms with Crippen molar-refractivity contribution in [2.75, 3.05) is 6.54 Å². The third-order valence-electron chi connectivity index (χ3n) is 2.26. The SMILES string of the molecule is CCCN(C(N)=O)C1CCC1. The lowest BCUT2D eigenvalue weighted by Crippen LogP contribution is -2.47. The van der Waals surface area contributed by atoms with Crippen molar-refractivity contribution >= 4 is 6.03 Å². The van der Waals surface area contributed by atoms with Crippen LogP contribution < -0.4 is 5.73 Å². The van der Waals surface area contributed by atoms with Crippen LogP contribution in [0.1, 0.15) is 32.6 Å². The Kier molecular flexibility index (Phi) is 2.74. The van der Waals surface area contributed by atoms with Gasteiger partial charge >= 0.3 is 6.03 Å². The van der Waals surface area contributed by atoms with Crippen LogP contribution in [0, 0.1) is 0 Å². The molecule has 1 aliphatic rings. The lowest BCUT2D eigenvalue weighted by atomic mass is 9.91. The Bertz CT molecular complexity index is 143. The van der Waals surface area contributed by atoms with Gasteiger partial charge in [-0.2, -0.15) is 0 Å². The second-order valence-corrected chi connectivity index (χ2v) is 3.12. The first kappa shape index (κ1) is 8.37. The molecule has 1 saturated carbocycles. The Hall–Kier alpha value is -0.730. The van der Waals surface area contributed by atoms with E-state index >= 15 is 0 Å². The van der Waals surface area contributed by atoms with Gasteiger partial charge in [-0.15, -0.1) is 0 Å². The monoisotopic (exact) mass is 156 g/mol. The minimum Gasteiger partial charge on any atom is -0.351 e. The molecule has 2 amide bonds. The maximum absolute atomic E-state index is 10.9. The molecule has 0 unspecified atom stereocenters. The van der Waals surface area contributed by atoms with Gasteiger partial charge in [0.1, 0.15) is 0 Å². The summed E-state index contributed by atoms with van der Waals surface area (Å²) in [7, 11) is 0. The zero-order valence-electron chi connectivity index (χ0n) is 7.05. The first-order chi connectivity index (χ1) is 5.25. The molecule has 0 aromatic carbocycles. The number of carbonyl (C=O) groups excluding carboxylic acids is 1. The van der Waals surface area contributed by atoms with E-state index < -0.39 is 0 Å². The molecular formula is C8H16N2O. The molecule has 2 N–H and O–H groups in total. The summed E-state index contributed by atoms with van der Waals surface area (Å²) in [6.45, 7) is 2.88. The fourth-order valence-corrected chi connectivity index (χ4v) is 1.41. The third kappa shape index (κ3) is 1.85. The minimum atomic E-state index is -0.253. The summed E-state index contributed by atoms with van der Waals surface area (Å²) in [5, 5.41) is 0. The summed E-state index contributed by atoms with van der Waals surface area (Å²) >= 11 is 0. The number of urea groups is 1. The normalized spacial score (nSPS) is 17.5. The Morgan fingerprint density at radius 3 is 2.55 bits per heavy atom. The third-order valence-corrected chi connectivity index (χ3v) is 2.26. The van der Waals surface area contributed by atoms with Gasteiger partial charge in [0.2, 0.25) is 0 Å². The summed E-state index contributed by atoms with van der Waals surface area (Å²) in [6.07, 6.45) is 4.53. The van der Waals surface area contributed by atoms with Crippen LogP contribution in [-0.4, -0.2) is 23.5 Å². The quantitative estimate of drug-likeness (QED) is 0.658. The Balaban J connectivity index is 2.37. The second kappa shape index (κ2) is 3.60. The highest BCUT2D eigenvalue weighted by molar-refractivity contribution is 5.72. The Labute approximate surface area is 67.5 Å². The first-order valence-corrected chi connectivity index (χ1v) is 4.31. The number of nitrogens with two attached hydrogens (primary N) is 1. The summed E-state index contributed by atoms with van der Waals surface area (Å²) in [4.78, 5) is 12.7. The second-order valence-electron chi connectivity index (χ2n) is 3.12. The molecule has 0 bridgehead atoms. The fraction of sp³-hybridized carbons (Fsp3) is 0.875. The zero-order chi connectivity index (χ0) is 8.27. The molecule has 0 aliphatic heterocycles. The maximum Gasteiger partial charge on any atom is 0.315 e. The molecule has 64 valence electrons. The van der Waals surface area contributed by atoms with E-state index in [-0.39, 0.29) is 6.03 Å². The van der Waals surface area contributed by atoms with Crippen LogP contribution >= 0.6 is 0 Å². The van der Waals surface area contributed by atoms with Gasteiger partial charge < -0.3 is 10.6 Å². The van der Waals surface area contributed by atoms with E-state index in [4.69, 9.17) is 5.73 Å². The highest BCUT2D eigenvalue weighted by Crippen LogP contribution is 2.24. The van der Waals surface area contributed by atoms with E-state index in [1.165, 1.54) is 6.42 Å². The van der Waals surface area contributed by atoms with Crippen LogP contribution in [0.15, 0.2) is 0 Å². The Morgan fingerprint density at radius 1 is 1.64 bits per heavy atom. The van der Waals surface area contributed by atoms with Gasteiger partial charge in [-0.1, -0.05) is 6.92 Å². The predicted octanol–water partition coefficient (Wildman–Crippen LogP) is 1.33. The topological polar surface area (TPSA) is 46.3 Å². The number of hydrogen-bond acceptors (Lipinski definition) is 1. The molecule has 3 nitrogen and oxygen atoms in total. The van der Waals surface area contributed by atoms with Crippen molar-refractivity contribution in [1.29, 1.82) is 0 Å². The smallest absolute Gasteiger partial charge is 0.315 e. The van der Waals surface area contributed by atoms with Gasteiger partial charge in [0.25, 0.3) is 0 Å². The molecule has 0 saturated heterocycles. The summed E-state index contributed by atoms with van der Waals surface area (Å²) in [6, 6.07) is 0.198. The first-order valence-electron chi connectivity index (χ1n) is 4.31. The van der Waals surface area contributed by atoms with Crippen molar-refractivity contribution in [1.82, 2.24) is 4.90 Å². The van der Waals surface area contributed by atoms with Crippen molar-refractivity contribution in [3.63, 3.8) is 0 Å². The number of rotatable bonds is 3. The molecule has 0 radical (unpaired) electrons. The summed E-state index contributed by atoms with van der Waals surface area (Å²) in [5.74, 6) is 0. The fourth-order valence-electron chi connectivity index (χ4n) is 1.41. The minimum absolute atomic E-state index is 0.253. The molecule has 1 fully saturated rings. The molecule has 0 aromatic rings. The molecule has 0 spiro atoms. The van der Waals surface area contributed by atoms with Crippen molar-refractivity contribution < 1.29 is 4.79 Å². The highest BCUT2D eigenvalue weighted by atomic mass is 16.2. The molecule has 11 heavy (non-hydrogen) atoms. The number of nitrogens with zero attached hydrogens (tertiary/aromatic N) is 1. The standard InChI is InChI=1S/C8H16N2O/c1-2-6-10(8(9)11)7-4-3-5-7/h7H,2-6H2,1H3,(H2,9,11). The number of carbonyl (C=O) groups is 1. The van der Waals surface area contributed by atoms with Crippen LogP contribution in [-0.2, 0) is 0 Å². The van der Waals surface area contributed by atoms with E-state index in [1.54, 1.807) is 4.90 Å². The average Bonchev–Trinajstić information content (AvgIpc) is 1.82. The van der Waals surface area contributed by atoms with Gasteiger partial charge in [-0.3, -0.25) is 0 Å². The molecule has 0 heterocycles. The van der Waals surface area contributed by atoms with E-state index in [2.05, 4.69) is 6.92 Å². The van der Waals surface area contributed by atoms with Crippen LogP contribution in [0.25, 0.3) is 0 Å². The predicted molar refractivity (Wildman–Crippen MR) is 44.2 cm³/mol. The number of amides is 2. The molecule has 0 aromatic heterocycles. The highest BCUT2D eigenvalue weighted by Gasteiger charge is 2.26. The van der Waals surface area contributed by atoms with Crippen molar-refractivity contribution in [3.05, 3.63) is 0 Å². The number of primary amides is 1. The molecule has 3 heteroatoms. The molecule has 1 rings (SSSR count). The van der Waals surface area contributed by atoms with Gasteiger partial charge in [-0.05, 0) is 25.7 Å². The van der Waals surface area contributed by atoms with Crippen LogP contribution in [0.4, 0.5) is 4.79 Å². The van der Waals surface area contributed by atoms with E-state index in [0.29, 0.717) is 6.04 Å². The van der Waals surface area contributed by atoms with E-state index in [0.717, 1.165) is 25.8 Å². The largest absolute Gasteiger partial charge is 0.351 e. The average molecular weight is 156 g/mol. The van der Waals surface area contributed by atoms with Gasteiger partial charge in [0, 0.05) is 12.6 Å². The lowest BCUT2D eigenvalue weighted by Gasteiger charge is -2.36. The van der Waals surface area contributed by atoms with Crippen molar-refractivity contribution in [2.45, 2.75) is 38.6 Å². The number of hydrogen-bond donors (Lipinski definition) is 1. The Morgan fingerprint density at radius 2 is 2.27 bits per heavy atom. The summed E-state index contributed by atoms with van der Waals surface area (Å²) < 4.78 is 0.